The number of methoxy groups -OCH3 is 1. The van der Waals surface area contributed by atoms with Crippen molar-refractivity contribution in [1.82, 2.24) is 10.2 Å². The summed E-state index contributed by atoms with van der Waals surface area (Å²) >= 11 is 0. The van der Waals surface area contributed by atoms with Crippen molar-refractivity contribution < 1.29 is 14.3 Å². The first-order valence-corrected chi connectivity index (χ1v) is 7.91. The summed E-state index contributed by atoms with van der Waals surface area (Å²) in [5.74, 6) is 0.249. The lowest BCUT2D eigenvalue weighted by atomic mass is 10.1. The van der Waals surface area contributed by atoms with Gasteiger partial charge in [-0.1, -0.05) is 12.6 Å². The molecule has 0 heterocycles. The first kappa shape index (κ1) is 19.6. The normalized spacial score (nSPS) is 12.3. The Hall–Kier alpha value is -2.43. The van der Waals surface area contributed by atoms with E-state index in [9.17, 15) is 4.79 Å². The summed E-state index contributed by atoms with van der Waals surface area (Å²) in [6.45, 7) is 12.5. The number of hydrogen-bond acceptors (Lipinski definition) is 5. The van der Waals surface area contributed by atoms with Gasteiger partial charge in [-0.2, -0.15) is 0 Å². The van der Waals surface area contributed by atoms with Crippen molar-refractivity contribution in [3.8, 4) is 5.75 Å². The highest BCUT2D eigenvalue weighted by atomic mass is 16.6. The predicted molar refractivity (Wildman–Crippen MR) is 96.5 cm³/mol. The Bertz CT molecular complexity index is 623. The fourth-order valence-electron chi connectivity index (χ4n) is 2.33. The average molecular weight is 332 g/mol. The van der Waals surface area contributed by atoms with Crippen LogP contribution in [-0.2, 0) is 16.1 Å². The molecule has 0 spiro atoms. The Kier molecular flexibility index (Phi) is 7.36. The summed E-state index contributed by atoms with van der Waals surface area (Å²) < 4.78 is 10.4. The minimum absolute atomic E-state index is 0.395. The molecule has 1 atom stereocenters. The van der Waals surface area contributed by atoms with Crippen molar-refractivity contribution >= 4 is 5.97 Å². The van der Waals surface area contributed by atoms with Gasteiger partial charge in [-0.3, -0.25) is 0 Å². The SMILES string of the molecule is C=C(C)N(Cc1cc(O[C@H](C)C(=O)OC)ccc1C)/C(C)=C/NC. The number of nitrogens with one attached hydrogen (secondary N) is 1. The number of ether oxygens (including phenoxy) is 2. The lowest BCUT2D eigenvalue weighted by Crippen LogP contribution is -2.25. The molecule has 1 rings (SSSR count). The predicted octanol–water partition coefficient (Wildman–Crippen LogP) is 3.35. The van der Waals surface area contributed by atoms with Crippen LogP contribution in [-0.4, -0.2) is 31.1 Å². The zero-order valence-electron chi connectivity index (χ0n) is 15.5. The summed E-state index contributed by atoms with van der Waals surface area (Å²) in [7, 11) is 3.22. The molecule has 1 aromatic rings. The average Bonchev–Trinajstić information content (AvgIpc) is 2.54. The third-order valence-electron chi connectivity index (χ3n) is 3.73. The quantitative estimate of drug-likeness (QED) is 0.740. The Morgan fingerprint density at radius 1 is 1.42 bits per heavy atom. The standard InChI is InChI=1S/C19H28N2O3/c1-13(2)21(15(4)11-20-6)12-17-10-18(9-8-14(17)3)24-16(5)19(22)23-7/h8-11,16,20H,1,12H2,2-7H3/b15-11+/t16-/m1/s1. The molecule has 132 valence electrons. The summed E-state index contributed by atoms with van der Waals surface area (Å²) in [5, 5.41) is 3.04. The van der Waals surface area contributed by atoms with Gasteiger partial charge in [0, 0.05) is 31.2 Å². The second-order valence-electron chi connectivity index (χ2n) is 5.77. The Morgan fingerprint density at radius 2 is 2.08 bits per heavy atom. The minimum Gasteiger partial charge on any atom is -0.479 e. The maximum atomic E-state index is 11.5. The van der Waals surface area contributed by atoms with Crippen LogP contribution in [0, 0.1) is 6.92 Å². The van der Waals surface area contributed by atoms with Crippen molar-refractivity contribution in [3.63, 3.8) is 0 Å². The van der Waals surface area contributed by atoms with Gasteiger partial charge >= 0.3 is 5.97 Å². The highest BCUT2D eigenvalue weighted by molar-refractivity contribution is 5.74. The summed E-state index contributed by atoms with van der Waals surface area (Å²) in [6.07, 6.45) is 1.29. The Balaban J connectivity index is 3.02. The molecule has 0 aliphatic heterocycles. The summed E-state index contributed by atoms with van der Waals surface area (Å²) in [4.78, 5) is 13.6. The number of carbonyl (C=O) groups is 1. The molecule has 0 aliphatic rings. The van der Waals surface area contributed by atoms with Gasteiger partial charge in [-0.25, -0.2) is 4.79 Å². The van der Waals surface area contributed by atoms with Crippen LogP contribution in [0.5, 0.6) is 5.75 Å². The maximum absolute atomic E-state index is 11.5. The zero-order valence-corrected chi connectivity index (χ0v) is 15.5. The van der Waals surface area contributed by atoms with Crippen LogP contribution in [0.1, 0.15) is 31.9 Å². The molecule has 0 saturated heterocycles. The molecule has 0 aliphatic carbocycles. The molecule has 5 nitrogen and oxygen atoms in total. The number of aryl methyl sites for hydroxylation is 1. The van der Waals surface area contributed by atoms with Gasteiger partial charge in [0.25, 0.3) is 0 Å². The molecule has 1 N–H and O–H groups in total. The van der Waals surface area contributed by atoms with Crippen molar-refractivity contribution in [1.29, 1.82) is 0 Å². The molecule has 0 aromatic heterocycles. The number of rotatable bonds is 8. The lowest BCUT2D eigenvalue weighted by molar-refractivity contribution is -0.147. The van der Waals surface area contributed by atoms with Crippen molar-refractivity contribution in [2.45, 2.75) is 40.3 Å². The molecule has 1 aromatic carbocycles. The van der Waals surface area contributed by atoms with Crippen molar-refractivity contribution in [2.75, 3.05) is 14.2 Å². The van der Waals surface area contributed by atoms with E-state index in [-0.39, 0.29) is 0 Å². The van der Waals surface area contributed by atoms with Crippen LogP contribution < -0.4 is 10.1 Å². The molecule has 0 saturated carbocycles. The van der Waals surface area contributed by atoms with E-state index in [0.29, 0.717) is 12.3 Å². The highest BCUT2D eigenvalue weighted by Gasteiger charge is 2.16. The number of hydrogen-bond donors (Lipinski definition) is 1. The summed E-state index contributed by atoms with van der Waals surface area (Å²) in [6, 6.07) is 5.80. The molecular weight excluding hydrogens is 304 g/mol. The minimum atomic E-state index is -0.645. The van der Waals surface area contributed by atoms with Crippen LogP contribution in [0.15, 0.2) is 42.4 Å². The van der Waals surface area contributed by atoms with Crippen molar-refractivity contribution in [2.24, 2.45) is 0 Å². The molecular formula is C19H28N2O3. The number of benzene rings is 1. The number of carbonyl (C=O) groups excluding carboxylic acids is 1. The lowest BCUT2D eigenvalue weighted by Gasteiger charge is -2.26. The van der Waals surface area contributed by atoms with E-state index < -0.39 is 12.1 Å². The van der Waals surface area contributed by atoms with Crippen LogP contribution in [0.25, 0.3) is 0 Å². The highest BCUT2D eigenvalue weighted by Crippen LogP contribution is 2.23. The number of allylic oxidation sites excluding steroid dienone is 2. The molecule has 0 radical (unpaired) electrons. The van der Waals surface area contributed by atoms with E-state index in [2.05, 4.69) is 23.7 Å². The van der Waals surface area contributed by atoms with Gasteiger partial charge in [0.2, 0.25) is 0 Å². The number of esters is 1. The van der Waals surface area contributed by atoms with Crippen molar-refractivity contribution in [3.05, 3.63) is 53.5 Å². The second kappa shape index (κ2) is 9.01. The van der Waals surface area contributed by atoms with Crippen LogP contribution in [0.2, 0.25) is 0 Å². The largest absolute Gasteiger partial charge is 0.479 e. The van der Waals surface area contributed by atoms with Gasteiger partial charge in [0.05, 0.1) is 7.11 Å². The first-order valence-electron chi connectivity index (χ1n) is 7.91. The monoisotopic (exact) mass is 332 g/mol. The molecule has 24 heavy (non-hydrogen) atoms. The van der Waals surface area contributed by atoms with Gasteiger partial charge in [0.1, 0.15) is 5.75 Å². The van der Waals surface area contributed by atoms with E-state index in [1.54, 1.807) is 6.92 Å². The second-order valence-corrected chi connectivity index (χ2v) is 5.77. The Labute approximate surface area is 144 Å². The fraction of sp³-hybridized carbons (Fsp3) is 0.421. The smallest absolute Gasteiger partial charge is 0.346 e. The van der Waals surface area contributed by atoms with E-state index in [1.807, 2.05) is 45.3 Å². The Morgan fingerprint density at radius 3 is 2.62 bits per heavy atom. The fourth-order valence-corrected chi connectivity index (χ4v) is 2.33. The van der Waals surface area contributed by atoms with Crippen LogP contribution in [0.3, 0.4) is 0 Å². The maximum Gasteiger partial charge on any atom is 0.346 e. The summed E-state index contributed by atoms with van der Waals surface area (Å²) in [5.41, 5.74) is 4.28. The van der Waals surface area contributed by atoms with Gasteiger partial charge in [0.15, 0.2) is 6.10 Å². The zero-order chi connectivity index (χ0) is 18.3. The van der Waals surface area contributed by atoms with Crippen LogP contribution in [0.4, 0.5) is 0 Å². The molecule has 5 heteroatoms. The molecule has 0 unspecified atom stereocenters. The molecule has 0 bridgehead atoms. The van der Waals surface area contributed by atoms with Gasteiger partial charge in [-0.05, 0) is 51.0 Å². The van der Waals surface area contributed by atoms with Gasteiger partial charge < -0.3 is 19.7 Å². The number of nitrogens with zero attached hydrogens (tertiary/aromatic N) is 1. The molecule has 0 fully saturated rings. The van der Waals surface area contributed by atoms with Gasteiger partial charge in [-0.15, -0.1) is 0 Å². The van der Waals surface area contributed by atoms with E-state index in [1.165, 1.54) is 7.11 Å². The third-order valence-corrected chi connectivity index (χ3v) is 3.73. The van der Waals surface area contributed by atoms with E-state index >= 15 is 0 Å². The third kappa shape index (κ3) is 5.33. The topological polar surface area (TPSA) is 50.8 Å². The van der Waals surface area contributed by atoms with E-state index in [0.717, 1.165) is 22.5 Å². The van der Waals surface area contributed by atoms with E-state index in [4.69, 9.17) is 9.47 Å². The molecule has 0 amide bonds. The first-order chi connectivity index (χ1) is 11.3. The van der Waals surface area contributed by atoms with Crippen LogP contribution >= 0.6 is 0 Å².